The quantitative estimate of drug-likeness (QED) is 0.531. The van der Waals surface area contributed by atoms with E-state index in [0.29, 0.717) is 5.82 Å². The molecule has 0 unspecified atom stereocenters. The molecule has 66 valence electrons. The van der Waals surface area contributed by atoms with Crippen LogP contribution in [-0.2, 0) is 10.3 Å². The van der Waals surface area contributed by atoms with Gasteiger partial charge in [0.15, 0.2) is 0 Å². The maximum atomic E-state index is 8.29. The first-order valence-corrected chi connectivity index (χ1v) is 3.55. The topological polar surface area (TPSA) is 68.1 Å². The molecular formula is C7H11N3O2. The van der Waals surface area contributed by atoms with Gasteiger partial charge >= 0.3 is 0 Å². The molecule has 1 N–H and O–H groups in total. The summed E-state index contributed by atoms with van der Waals surface area (Å²) in [4.78, 5) is 15.7. The molecule has 0 aliphatic carbocycles. The lowest BCUT2D eigenvalue weighted by Gasteiger charge is -2.19. The highest BCUT2D eigenvalue weighted by atomic mass is 17.1. The van der Waals surface area contributed by atoms with E-state index in [2.05, 4.69) is 19.8 Å². The standard InChI is InChI=1S/C7H11N3O2/c1-7(2,3-12-11)6-9-4-8-5-10-6/h4-5,11H,3H2,1-2H3. The summed E-state index contributed by atoms with van der Waals surface area (Å²) in [5.41, 5.74) is -0.391. The van der Waals surface area contributed by atoms with E-state index in [1.807, 2.05) is 13.8 Å². The molecule has 1 rings (SSSR count). The van der Waals surface area contributed by atoms with Crippen LogP contribution in [-0.4, -0.2) is 26.8 Å². The molecular weight excluding hydrogens is 158 g/mol. The Kier molecular flexibility index (Phi) is 2.67. The maximum Gasteiger partial charge on any atom is 0.139 e. The van der Waals surface area contributed by atoms with E-state index in [0.717, 1.165) is 0 Å². The van der Waals surface area contributed by atoms with Crippen molar-refractivity contribution in [3.8, 4) is 0 Å². The Morgan fingerprint density at radius 1 is 1.42 bits per heavy atom. The fourth-order valence-electron chi connectivity index (χ4n) is 0.815. The van der Waals surface area contributed by atoms with Gasteiger partial charge in [-0.2, -0.15) is 0 Å². The molecule has 12 heavy (non-hydrogen) atoms. The van der Waals surface area contributed by atoms with Gasteiger partial charge in [0.05, 0.1) is 12.0 Å². The second-order valence-electron chi connectivity index (χ2n) is 3.12. The Bertz CT molecular complexity index is 238. The first-order valence-electron chi connectivity index (χ1n) is 3.55. The molecule has 0 saturated heterocycles. The molecule has 1 aromatic rings. The molecule has 0 spiro atoms. The van der Waals surface area contributed by atoms with Crippen molar-refractivity contribution >= 4 is 0 Å². The van der Waals surface area contributed by atoms with Crippen LogP contribution in [0.25, 0.3) is 0 Å². The summed E-state index contributed by atoms with van der Waals surface area (Å²) >= 11 is 0. The number of aromatic nitrogens is 3. The van der Waals surface area contributed by atoms with Crippen molar-refractivity contribution in [2.24, 2.45) is 0 Å². The molecule has 0 atom stereocenters. The highest BCUT2D eigenvalue weighted by Gasteiger charge is 2.24. The van der Waals surface area contributed by atoms with Crippen molar-refractivity contribution < 1.29 is 10.1 Å². The number of nitrogens with zero attached hydrogens (tertiary/aromatic N) is 3. The van der Waals surface area contributed by atoms with Crippen LogP contribution in [0.5, 0.6) is 0 Å². The van der Waals surface area contributed by atoms with Crippen molar-refractivity contribution in [3.63, 3.8) is 0 Å². The lowest BCUT2D eigenvalue weighted by Crippen LogP contribution is -2.26. The number of hydrogen-bond acceptors (Lipinski definition) is 5. The summed E-state index contributed by atoms with van der Waals surface area (Å²) in [6, 6.07) is 0. The van der Waals surface area contributed by atoms with Crippen molar-refractivity contribution in [2.75, 3.05) is 6.61 Å². The Morgan fingerprint density at radius 2 is 2.00 bits per heavy atom. The smallest absolute Gasteiger partial charge is 0.139 e. The molecule has 5 heteroatoms. The number of rotatable bonds is 3. The lowest BCUT2D eigenvalue weighted by atomic mass is 9.94. The highest BCUT2D eigenvalue weighted by Crippen LogP contribution is 2.17. The summed E-state index contributed by atoms with van der Waals surface area (Å²) < 4.78 is 0. The number of hydrogen-bond donors (Lipinski definition) is 1. The van der Waals surface area contributed by atoms with Gasteiger partial charge in [-0.25, -0.2) is 19.8 Å². The first-order chi connectivity index (χ1) is 5.67. The minimum atomic E-state index is -0.391. The zero-order chi connectivity index (χ0) is 9.03. The molecule has 1 heterocycles. The third-order valence-electron chi connectivity index (χ3n) is 1.52. The average molecular weight is 169 g/mol. The van der Waals surface area contributed by atoms with Gasteiger partial charge in [0.1, 0.15) is 18.5 Å². The van der Waals surface area contributed by atoms with E-state index in [4.69, 9.17) is 5.26 Å². The summed E-state index contributed by atoms with van der Waals surface area (Å²) in [6.07, 6.45) is 2.84. The van der Waals surface area contributed by atoms with E-state index in [1.165, 1.54) is 12.7 Å². The summed E-state index contributed by atoms with van der Waals surface area (Å²) in [5, 5.41) is 8.29. The van der Waals surface area contributed by atoms with Crippen LogP contribution in [0, 0.1) is 0 Å². The largest absolute Gasteiger partial charge is 0.252 e. The molecule has 0 radical (unpaired) electrons. The van der Waals surface area contributed by atoms with E-state index in [-0.39, 0.29) is 6.61 Å². The van der Waals surface area contributed by atoms with Gasteiger partial charge in [-0.05, 0) is 0 Å². The molecule has 1 aromatic heterocycles. The van der Waals surface area contributed by atoms with Gasteiger partial charge in [-0.15, -0.1) is 0 Å². The molecule has 5 nitrogen and oxygen atoms in total. The van der Waals surface area contributed by atoms with Gasteiger partial charge in [0.2, 0.25) is 0 Å². The van der Waals surface area contributed by atoms with E-state index < -0.39 is 5.41 Å². The Balaban J connectivity index is 2.82. The van der Waals surface area contributed by atoms with Crippen LogP contribution < -0.4 is 0 Å². The van der Waals surface area contributed by atoms with E-state index in [1.54, 1.807) is 0 Å². The van der Waals surface area contributed by atoms with E-state index >= 15 is 0 Å². The molecule has 0 saturated carbocycles. The van der Waals surface area contributed by atoms with Gasteiger partial charge in [0.25, 0.3) is 0 Å². The second-order valence-corrected chi connectivity index (χ2v) is 3.12. The van der Waals surface area contributed by atoms with Gasteiger partial charge in [-0.1, -0.05) is 13.8 Å². The van der Waals surface area contributed by atoms with E-state index in [9.17, 15) is 0 Å². The van der Waals surface area contributed by atoms with Crippen molar-refractivity contribution in [2.45, 2.75) is 19.3 Å². The van der Waals surface area contributed by atoms with Crippen molar-refractivity contribution in [1.82, 2.24) is 15.0 Å². The first kappa shape index (κ1) is 9.02. The summed E-state index contributed by atoms with van der Waals surface area (Å²) in [5.74, 6) is 0.603. The summed E-state index contributed by atoms with van der Waals surface area (Å²) in [7, 11) is 0. The average Bonchev–Trinajstić information content (AvgIpc) is 2.06. The Labute approximate surface area is 70.4 Å². The maximum absolute atomic E-state index is 8.29. The van der Waals surface area contributed by atoms with Gasteiger partial charge in [0, 0.05) is 0 Å². The lowest BCUT2D eigenvalue weighted by molar-refractivity contribution is -0.252. The zero-order valence-corrected chi connectivity index (χ0v) is 7.06. The van der Waals surface area contributed by atoms with Crippen molar-refractivity contribution in [3.05, 3.63) is 18.5 Å². The normalized spacial score (nSPS) is 11.6. The van der Waals surface area contributed by atoms with Crippen LogP contribution in [0.3, 0.4) is 0 Å². The van der Waals surface area contributed by atoms with Crippen LogP contribution in [0.2, 0.25) is 0 Å². The monoisotopic (exact) mass is 169 g/mol. The Morgan fingerprint density at radius 3 is 2.50 bits per heavy atom. The fraction of sp³-hybridized carbons (Fsp3) is 0.571. The summed E-state index contributed by atoms with van der Waals surface area (Å²) in [6.45, 7) is 3.91. The minimum Gasteiger partial charge on any atom is -0.252 e. The fourth-order valence-corrected chi connectivity index (χ4v) is 0.815. The molecule has 0 amide bonds. The van der Waals surface area contributed by atoms with Crippen molar-refractivity contribution in [1.29, 1.82) is 0 Å². The third kappa shape index (κ3) is 1.96. The highest BCUT2D eigenvalue weighted by molar-refractivity contribution is 5.01. The molecule has 0 aliphatic heterocycles. The SMILES string of the molecule is CC(C)(COO)c1ncncn1. The van der Waals surface area contributed by atoms with Gasteiger partial charge < -0.3 is 0 Å². The molecule has 0 aromatic carbocycles. The Hall–Kier alpha value is -1.07. The zero-order valence-electron chi connectivity index (χ0n) is 7.06. The van der Waals surface area contributed by atoms with Crippen LogP contribution in [0.1, 0.15) is 19.7 Å². The van der Waals surface area contributed by atoms with Crippen LogP contribution in [0.4, 0.5) is 0 Å². The van der Waals surface area contributed by atoms with Crippen LogP contribution in [0.15, 0.2) is 12.7 Å². The third-order valence-corrected chi connectivity index (χ3v) is 1.52. The van der Waals surface area contributed by atoms with Gasteiger partial charge in [-0.3, -0.25) is 5.26 Å². The second kappa shape index (κ2) is 3.55. The molecule has 0 fully saturated rings. The molecule has 0 aliphatic rings. The van der Waals surface area contributed by atoms with Crippen LogP contribution >= 0.6 is 0 Å². The minimum absolute atomic E-state index is 0.164. The predicted octanol–water partition coefficient (Wildman–Crippen LogP) is 0.639. The molecule has 0 bridgehead atoms. The predicted molar refractivity (Wildman–Crippen MR) is 41.4 cm³/mol.